The Kier molecular flexibility index (Phi) is 6.60. The van der Waals surface area contributed by atoms with Crippen LogP contribution >= 0.6 is 0 Å². The highest BCUT2D eigenvalue weighted by molar-refractivity contribution is 5.91. The van der Waals surface area contributed by atoms with Crippen LogP contribution in [-0.2, 0) is 9.53 Å². The topological polar surface area (TPSA) is 87.9 Å². The van der Waals surface area contributed by atoms with Gasteiger partial charge < -0.3 is 19.5 Å². The fraction of sp³-hybridized carbons (Fsp3) is 0.688. The molecule has 0 bridgehead atoms. The number of rotatable bonds is 5. The lowest BCUT2D eigenvalue weighted by Gasteiger charge is -2.21. The molecule has 0 atom stereocenters. The van der Waals surface area contributed by atoms with Gasteiger partial charge in [-0.25, -0.2) is 4.79 Å². The summed E-state index contributed by atoms with van der Waals surface area (Å²) < 4.78 is 10.2. The van der Waals surface area contributed by atoms with Gasteiger partial charge in [-0.15, -0.1) is 0 Å². The molecule has 0 unspecified atom stereocenters. The normalized spacial score (nSPS) is 16.1. The van der Waals surface area contributed by atoms with E-state index in [2.05, 4.69) is 10.5 Å². The third-order valence-corrected chi connectivity index (χ3v) is 3.65. The largest absolute Gasteiger partial charge is 0.449 e. The lowest BCUT2D eigenvalue weighted by molar-refractivity contribution is -0.117. The smallest absolute Gasteiger partial charge is 0.409 e. The van der Waals surface area contributed by atoms with E-state index in [9.17, 15) is 9.59 Å². The van der Waals surface area contributed by atoms with Gasteiger partial charge in [0.15, 0.2) is 5.82 Å². The molecule has 1 aliphatic rings. The molecule has 1 aromatic heterocycles. The first-order valence-corrected chi connectivity index (χ1v) is 8.31. The maximum Gasteiger partial charge on any atom is 0.409 e. The van der Waals surface area contributed by atoms with Crippen LogP contribution in [0.5, 0.6) is 0 Å². The highest BCUT2D eigenvalue weighted by Crippen LogP contribution is 2.09. The number of aryl methyl sites for hydroxylation is 1. The summed E-state index contributed by atoms with van der Waals surface area (Å²) in [5.41, 5.74) is 0. The number of carbonyl (C=O) groups excluding carboxylic acids is 2. The van der Waals surface area contributed by atoms with Crippen molar-refractivity contribution in [2.75, 3.05) is 44.6 Å². The van der Waals surface area contributed by atoms with E-state index in [0.29, 0.717) is 43.7 Å². The van der Waals surface area contributed by atoms with Gasteiger partial charge in [-0.05, 0) is 19.3 Å². The van der Waals surface area contributed by atoms with Crippen molar-refractivity contribution in [1.29, 1.82) is 0 Å². The van der Waals surface area contributed by atoms with Gasteiger partial charge in [-0.1, -0.05) is 19.0 Å². The van der Waals surface area contributed by atoms with Gasteiger partial charge >= 0.3 is 6.09 Å². The minimum atomic E-state index is -0.270. The molecule has 2 heterocycles. The van der Waals surface area contributed by atoms with Crippen molar-refractivity contribution < 1.29 is 18.8 Å². The van der Waals surface area contributed by atoms with E-state index in [-0.39, 0.29) is 18.5 Å². The van der Waals surface area contributed by atoms with E-state index >= 15 is 0 Å². The lowest BCUT2D eigenvalue weighted by atomic mass is 10.2. The summed E-state index contributed by atoms with van der Waals surface area (Å²) in [6.07, 6.45) is 0.542. The van der Waals surface area contributed by atoms with E-state index in [4.69, 9.17) is 9.26 Å². The van der Waals surface area contributed by atoms with Crippen molar-refractivity contribution in [3.8, 4) is 0 Å². The van der Waals surface area contributed by atoms with Crippen LogP contribution in [0, 0.1) is 12.8 Å². The lowest BCUT2D eigenvalue weighted by Crippen LogP contribution is -2.38. The van der Waals surface area contributed by atoms with E-state index in [1.165, 1.54) is 0 Å². The molecule has 8 heteroatoms. The number of ether oxygens (including phenoxy) is 1. The van der Waals surface area contributed by atoms with Gasteiger partial charge in [0, 0.05) is 32.2 Å². The molecule has 8 nitrogen and oxygen atoms in total. The number of aromatic nitrogens is 1. The molecule has 0 aromatic carbocycles. The first-order chi connectivity index (χ1) is 11.4. The zero-order chi connectivity index (χ0) is 17.5. The summed E-state index contributed by atoms with van der Waals surface area (Å²) >= 11 is 0. The maximum atomic E-state index is 12.1. The Bertz CT molecular complexity index is 558. The Morgan fingerprint density at radius 2 is 2.12 bits per heavy atom. The number of nitrogens with one attached hydrogen (secondary N) is 1. The van der Waals surface area contributed by atoms with Gasteiger partial charge in [0.1, 0.15) is 5.76 Å². The van der Waals surface area contributed by atoms with Crippen molar-refractivity contribution in [3.63, 3.8) is 0 Å². The van der Waals surface area contributed by atoms with E-state index in [1.807, 2.05) is 18.7 Å². The molecule has 24 heavy (non-hydrogen) atoms. The number of carbonyl (C=O) groups is 2. The third kappa shape index (κ3) is 5.84. The summed E-state index contributed by atoms with van der Waals surface area (Å²) in [4.78, 5) is 27.8. The van der Waals surface area contributed by atoms with Gasteiger partial charge in [0.2, 0.25) is 5.91 Å². The molecule has 1 aromatic rings. The third-order valence-electron chi connectivity index (χ3n) is 3.65. The Morgan fingerprint density at radius 3 is 2.79 bits per heavy atom. The van der Waals surface area contributed by atoms with Crippen molar-refractivity contribution in [1.82, 2.24) is 15.0 Å². The summed E-state index contributed by atoms with van der Waals surface area (Å²) in [6, 6.07) is 1.67. The van der Waals surface area contributed by atoms with Crippen molar-refractivity contribution in [3.05, 3.63) is 11.8 Å². The second-order valence-corrected chi connectivity index (χ2v) is 6.46. The minimum absolute atomic E-state index is 0.140. The number of hydrogen-bond acceptors (Lipinski definition) is 6. The zero-order valence-electron chi connectivity index (χ0n) is 14.6. The monoisotopic (exact) mass is 338 g/mol. The molecule has 134 valence electrons. The van der Waals surface area contributed by atoms with E-state index < -0.39 is 0 Å². The molecular formula is C16H26N4O4. The van der Waals surface area contributed by atoms with Gasteiger partial charge in [-0.2, -0.15) is 0 Å². The van der Waals surface area contributed by atoms with Crippen molar-refractivity contribution >= 4 is 17.8 Å². The van der Waals surface area contributed by atoms with Crippen LogP contribution in [0.4, 0.5) is 10.6 Å². The summed E-state index contributed by atoms with van der Waals surface area (Å²) in [7, 11) is 0. The van der Waals surface area contributed by atoms with Crippen LogP contribution in [0.1, 0.15) is 26.0 Å². The number of nitrogens with zero attached hydrogens (tertiary/aromatic N) is 3. The molecule has 0 aliphatic carbocycles. The van der Waals surface area contributed by atoms with E-state index in [1.54, 1.807) is 17.9 Å². The Morgan fingerprint density at radius 1 is 1.33 bits per heavy atom. The Hall–Kier alpha value is -2.09. The van der Waals surface area contributed by atoms with Gasteiger partial charge in [0.25, 0.3) is 0 Å². The predicted octanol–water partition coefficient (Wildman–Crippen LogP) is 1.72. The Labute approximate surface area is 142 Å². The molecule has 1 saturated heterocycles. The van der Waals surface area contributed by atoms with Crippen LogP contribution in [0.2, 0.25) is 0 Å². The van der Waals surface area contributed by atoms with Crippen LogP contribution in [0.15, 0.2) is 10.6 Å². The Balaban J connectivity index is 1.76. The highest BCUT2D eigenvalue weighted by Gasteiger charge is 2.21. The first-order valence-electron chi connectivity index (χ1n) is 8.31. The quantitative estimate of drug-likeness (QED) is 0.879. The molecule has 0 saturated carbocycles. The van der Waals surface area contributed by atoms with Crippen LogP contribution in [-0.4, -0.2) is 66.3 Å². The highest BCUT2D eigenvalue weighted by atomic mass is 16.6. The average molecular weight is 338 g/mol. The molecule has 2 rings (SSSR count). The molecular weight excluding hydrogens is 312 g/mol. The van der Waals surface area contributed by atoms with Crippen LogP contribution in [0.3, 0.4) is 0 Å². The SMILES string of the molecule is Cc1cc(NC(=O)CN2CCCN(C(=O)OCC(C)C)CC2)no1. The zero-order valence-corrected chi connectivity index (χ0v) is 14.6. The predicted molar refractivity (Wildman–Crippen MR) is 88.7 cm³/mol. The fourth-order valence-electron chi connectivity index (χ4n) is 2.45. The molecule has 1 N–H and O–H groups in total. The summed E-state index contributed by atoms with van der Waals surface area (Å²) in [6.45, 7) is 9.09. The molecule has 0 radical (unpaired) electrons. The van der Waals surface area contributed by atoms with Gasteiger partial charge in [-0.3, -0.25) is 9.69 Å². The minimum Gasteiger partial charge on any atom is -0.449 e. The molecule has 0 spiro atoms. The number of amides is 2. The van der Waals surface area contributed by atoms with Gasteiger partial charge in [0.05, 0.1) is 13.2 Å². The summed E-state index contributed by atoms with van der Waals surface area (Å²) in [5.74, 6) is 1.25. The fourth-order valence-corrected chi connectivity index (χ4v) is 2.45. The number of anilines is 1. The van der Waals surface area contributed by atoms with Crippen molar-refractivity contribution in [2.45, 2.75) is 27.2 Å². The van der Waals surface area contributed by atoms with Crippen LogP contribution in [0.25, 0.3) is 0 Å². The molecule has 2 amide bonds. The second-order valence-electron chi connectivity index (χ2n) is 6.46. The average Bonchev–Trinajstić information content (AvgIpc) is 2.78. The van der Waals surface area contributed by atoms with E-state index in [0.717, 1.165) is 13.0 Å². The first kappa shape index (κ1) is 18.3. The second kappa shape index (κ2) is 8.68. The molecule has 1 fully saturated rings. The van der Waals surface area contributed by atoms with Crippen LogP contribution < -0.4 is 5.32 Å². The molecule has 1 aliphatic heterocycles. The summed E-state index contributed by atoms with van der Waals surface area (Å²) in [5, 5.41) is 6.45. The standard InChI is InChI=1S/C16H26N4O4/c1-12(2)11-23-16(22)20-6-4-5-19(7-8-20)10-15(21)17-14-9-13(3)24-18-14/h9,12H,4-8,10-11H2,1-3H3,(H,17,18,21). The number of hydrogen-bond donors (Lipinski definition) is 1. The maximum absolute atomic E-state index is 12.1. The van der Waals surface area contributed by atoms with Crippen molar-refractivity contribution in [2.24, 2.45) is 5.92 Å².